The van der Waals surface area contributed by atoms with Crippen LogP contribution in [0.5, 0.6) is 0 Å². The van der Waals surface area contributed by atoms with Crippen molar-refractivity contribution in [2.45, 2.75) is 49.8 Å². The molecule has 2 rings (SSSR count). The third kappa shape index (κ3) is 3.13. The molecule has 0 radical (unpaired) electrons. The molecule has 0 amide bonds. The Morgan fingerprint density at radius 3 is 2.53 bits per heavy atom. The summed E-state index contributed by atoms with van der Waals surface area (Å²) in [6, 6.07) is 3.13. The molecule has 0 bridgehead atoms. The summed E-state index contributed by atoms with van der Waals surface area (Å²) in [5.74, 6) is 0. The van der Waals surface area contributed by atoms with Gasteiger partial charge in [0.2, 0.25) is 0 Å². The van der Waals surface area contributed by atoms with Gasteiger partial charge in [-0.3, -0.25) is 0 Å². The van der Waals surface area contributed by atoms with E-state index in [2.05, 4.69) is 4.98 Å². The van der Waals surface area contributed by atoms with Crippen molar-refractivity contribution in [3.8, 4) is 0 Å². The second-order valence-corrected chi connectivity index (χ2v) is 6.92. The van der Waals surface area contributed by atoms with E-state index in [1.165, 1.54) is 23.0 Å². The predicted octanol–water partition coefficient (Wildman–Crippen LogP) is 1.53. The van der Waals surface area contributed by atoms with E-state index in [-0.39, 0.29) is 17.7 Å². The summed E-state index contributed by atoms with van der Waals surface area (Å²) in [4.78, 5) is 3.95. The van der Waals surface area contributed by atoms with Crippen LogP contribution < -0.4 is 0 Å². The molecule has 0 aliphatic heterocycles. The molecule has 0 atom stereocenters. The zero-order chi connectivity index (χ0) is 13.9. The number of nitrogens with zero attached hydrogens (tertiary/aromatic N) is 2. The Morgan fingerprint density at radius 1 is 1.32 bits per heavy atom. The zero-order valence-corrected chi connectivity index (χ0v) is 11.9. The Bertz CT molecular complexity index is 507. The number of aliphatic hydroxyl groups excluding tert-OH is 1. The first-order chi connectivity index (χ1) is 9.05. The summed E-state index contributed by atoms with van der Waals surface area (Å²) in [6.07, 6.45) is 6.60. The monoisotopic (exact) mass is 284 g/mol. The number of rotatable bonds is 4. The van der Waals surface area contributed by atoms with Gasteiger partial charge in [-0.15, -0.1) is 0 Å². The van der Waals surface area contributed by atoms with Gasteiger partial charge in [-0.1, -0.05) is 25.3 Å². The first-order valence-electron chi connectivity index (χ1n) is 6.59. The fraction of sp³-hybridized carbons (Fsp3) is 0.615. The highest BCUT2D eigenvalue weighted by Gasteiger charge is 2.29. The maximum Gasteiger partial charge on any atom is 0.260 e. The Labute approximate surface area is 114 Å². The Balaban J connectivity index is 2.19. The Morgan fingerprint density at radius 2 is 2.00 bits per heavy atom. The van der Waals surface area contributed by atoms with Gasteiger partial charge >= 0.3 is 0 Å². The van der Waals surface area contributed by atoms with Crippen LogP contribution in [-0.2, 0) is 16.6 Å². The molecule has 1 aromatic heterocycles. The molecule has 1 aromatic rings. The lowest BCUT2D eigenvalue weighted by molar-refractivity contribution is 0.280. The van der Waals surface area contributed by atoms with Crippen LogP contribution in [0.2, 0.25) is 0 Å². The van der Waals surface area contributed by atoms with E-state index in [1.807, 2.05) is 0 Å². The van der Waals surface area contributed by atoms with Gasteiger partial charge in [-0.05, 0) is 24.5 Å². The van der Waals surface area contributed by atoms with Crippen LogP contribution in [0.3, 0.4) is 0 Å². The quantitative estimate of drug-likeness (QED) is 0.910. The minimum Gasteiger partial charge on any atom is -0.392 e. The van der Waals surface area contributed by atoms with Gasteiger partial charge in [-0.25, -0.2) is 13.4 Å². The summed E-state index contributed by atoms with van der Waals surface area (Å²) in [7, 11) is -1.89. The molecule has 1 N–H and O–H groups in total. The largest absolute Gasteiger partial charge is 0.392 e. The highest BCUT2D eigenvalue weighted by molar-refractivity contribution is 7.89. The second-order valence-electron chi connectivity index (χ2n) is 4.98. The van der Waals surface area contributed by atoms with E-state index < -0.39 is 10.0 Å². The van der Waals surface area contributed by atoms with Crippen molar-refractivity contribution in [1.29, 1.82) is 0 Å². The molecule has 19 heavy (non-hydrogen) atoms. The molecule has 0 unspecified atom stereocenters. The zero-order valence-electron chi connectivity index (χ0n) is 11.1. The minimum atomic E-state index is -3.52. The molecular weight excluding hydrogens is 264 g/mol. The molecule has 1 saturated carbocycles. The van der Waals surface area contributed by atoms with Crippen molar-refractivity contribution >= 4 is 10.0 Å². The third-order valence-corrected chi connectivity index (χ3v) is 5.54. The smallest absolute Gasteiger partial charge is 0.260 e. The van der Waals surface area contributed by atoms with Gasteiger partial charge in [0, 0.05) is 19.3 Å². The van der Waals surface area contributed by atoms with Crippen LogP contribution in [0.15, 0.2) is 23.4 Å². The van der Waals surface area contributed by atoms with Crippen LogP contribution in [-0.4, -0.2) is 35.9 Å². The highest BCUT2D eigenvalue weighted by Crippen LogP contribution is 2.25. The molecule has 1 heterocycles. The number of aromatic nitrogens is 1. The van der Waals surface area contributed by atoms with Crippen LogP contribution >= 0.6 is 0 Å². The lowest BCUT2D eigenvalue weighted by atomic mass is 9.96. The van der Waals surface area contributed by atoms with E-state index in [0.717, 1.165) is 25.7 Å². The normalized spacial score (nSPS) is 17.8. The topological polar surface area (TPSA) is 70.5 Å². The lowest BCUT2D eigenvalue weighted by Crippen LogP contribution is -2.38. The summed E-state index contributed by atoms with van der Waals surface area (Å²) >= 11 is 0. The summed E-state index contributed by atoms with van der Waals surface area (Å²) in [6.45, 7) is -0.133. The first kappa shape index (κ1) is 14.4. The van der Waals surface area contributed by atoms with Crippen LogP contribution in [0.4, 0.5) is 0 Å². The summed E-state index contributed by atoms with van der Waals surface area (Å²) in [5, 5.41) is 9.00. The minimum absolute atomic E-state index is 0.0535. The molecule has 1 fully saturated rings. The fourth-order valence-corrected chi connectivity index (χ4v) is 3.77. The van der Waals surface area contributed by atoms with E-state index in [4.69, 9.17) is 5.11 Å². The maximum atomic E-state index is 12.4. The number of sulfonamides is 1. The van der Waals surface area contributed by atoms with Crippen LogP contribution in [0.25, 0.3) is 0 Å². The van der Waals surface area contributed by atoms with Gasteiger partial charge in [0.15, 0.2) is 5.03 Å². The number of hydrogen-bond acceptors (Lipinski definition) is 4. The van der Waals surface area contributed by atoms with E-state index in [0.29, 0.717) is 5.56 Å². The van der Waals surface area contributed by atoms with Crippen molar-refractivity contribution < 1.29 is 13.5 Å². The molecule has 5 nitrogen and oxygen atoms in total. The lowest BCUT2D eigenvalue weighted by Gasteiger charge is -2.30. The standard InChI is InChI=1S/C13H20N2O3S/c1-15(12-5-3-2-4-6-12)19(17,18)13-8-7-11(10-16)9-14-13/h7-9,12,16H,2-6,10H2,1H3. The molecule has 6 heteroatoms. The molecule has 106 valence electrons. The van der Waals surface area contributed by atoms with Crippen molar-refractivity contribution in [2.24, 2.45) is 0 Å². The fourth-order valence-electron chi connectivity index (χ4n) is 2.45. The van der Waals surface area contributed by atoms with E-state index >= 15 is 0 Å². The van der Waals surface area contributed by atoms with E-state index in [1.54, 1.807) is 13.1 Å². The van der Waals surface area contributed by atoms with Crippen LogP contribution in [0, 0.1) is 0 Å². The molecule has 0 spiro atoms. The first-order valence-corrected chi connectivity index (χ1v) is 8.03. The SMILES string of the molecule is CN(C1CCCCC1)S(=O)(=O)c1ccc(CO)cn1. The van der Waals surface area contributed by atoms with Crippen molar-refractivity contribution in [3.05, 3.63) is 23.9 Å². The third-order valence-electron chi connectivity index (χ3n) is 3.71. The van der Waals surface area contributed by atoms with Gasteiger partial charge in [-0.2, -0.15) is 4.31 Å². The highest BCUT2D eigenvalue weighted by atomic mass is 32.2. The summed E-state index contributed by atoms with van der Waals surface area (Å²) < 4.78 is 26.3. The van der Waals surface area contributed by atoms with Gasteiger partial charge in [0.05, 0.1) is 6.61 Å². The molecular formula is C13H20N2O3S. The van der Waals surface area contributed by atoms with Gasteiger partial charge in [0.1, 0.15) is 0 Å². The number of aliphatic hydroxyl groups is 1. The maximum absolute atomic E-state index is 12.4. The molecule has 1 aliphatic carbocycles. The number of pyridine rings is 1. The average molecular weight is 284 g/mol. The van der Waals surface area contributed by atoms with E-state index in [9.17, 15) is 8.42 Å². The van der Waals surface area contributed by atoms with Gasteiger partial charge < -0.3 is 5.11 Å². The van der Waals surface area contributed by atoms with Gasteiger partial charge in [0.25, 0.3) is 10.0 Å². The molecule has 0 aromatic carbocycles. The molecule has 1 aliphatic rings. The Hall–Kier alpha value is -0.980. The average Bonchev–Trinajstić information content (AvgIpc) is 2.47. The second kappa shape index (κ2) is 5.98. The molecule has 0 saturated heterocycles. The van der Waals surface area contributed by atoms with Crippen molar-refractivity contribution in [2.75, 3.05) is 7.05 Å². The van der Waals surface area contributed by atoms with Crippen molar-refractivity contribution in [3.63, 3.8) is 0 Å². The van der Waals surface area contributed by atoms with Crippen molar-refractivity contribution in [1.82, 2.24) is 9.29 Å². The summed E-state index contributed by atoms with van der Waals surface area (Å²) in [5.41, 5.74) is 0.610. The van der Waals surface area contributed by atoms with Crippen LogP contribution in [0.1, 0.15) is 37.7 Å². The predicted molar refractivity (Wildman–Crippen MR) is 72.0 cm³/mol. The Kier molecular flexibility index (Phi) is 4.54. The number of hydrogen-bond donors (Lipinski definition) is 1.